The topological polar surface area (TPSA) is 43.8 Å². The van der Waals surface area contributed by atoms with E-state index in [2.05, 4.69) is 0 Å². The number of carbonyl (C=O) groups excluding carboxylic acids is 1. The molecule has 1 N–H and O–H groups in total. The molecule has 1 atom stereocenters. The van der Waals surface area contributed by atoms with Crippen molar-refractivity contribution in [3.63, 3.8) is 0 Å². The molecule has 0 saturated carbocycles. The Bertz CT molecular complexity index is 440. The molecule has 15 heavy (non-hydrogen) atoms. The van der Waals surface area contributed by atoms with Crippen LogP contribution in [0.2, 0.25) is 0 Å². The lowest BCUT2D eigenvalue weighted by molar-refractivity contribution is -0.126. The van der Waals surface area contributed by atoms with Crippen molar-refractivity contribution in [3.05, 3.63) is 29.2 Å². The van der Waals surface area contributed by atoms with Crippen molar-refractivity contribution in [1.82, 2.24) is 4.90 Å². The van der Waals surface area contributed by atoms with Crippen LogP contribution in [0.1, 0.15) is 5.56 Å². The predicted molar refractivity (Wildman–Crippen MR) is 56.9 cm³/mol. The predicted octanol–water partition coefficient (Wildman–Crippen LogP) is 1.22. The van der Waals surface area contributed by atoms with E-state index in [0.717, 1.165) is 23.7 Å². The third-order valence-electron chi connectivity index (χ3n) is 2.80. The quantitative estimate of drug-likeness (QED) is 0.530. The lowest BCUT2D eigenvalue weighted by Crippen LogP contribution is -2.41. The second-order valence-corrected chi connectivity index (χ2v) is 4.60. The Morgan fingerprint density at radius 3 is 3.27 bits per heavy atom. The summed E-state index contributed by atoms with van der Waals surface area (Å²) in [7, 11) is 0. The average Bonchev–Trinajstić information content (AvgIpc) is 2.83. The van der Waals surface area contributed by atoms with Crippen molar-refractivity contribution in [2.75, 3.05) is 11.6 Å². The van der Waals surface area contributed by atoms with Gasteiger partial charge in [0.25, 0.3) is 5.91 Å². The number of hydroxylamine groups is 1. The van der Waals surface area contributed by atoms with Crippen LogP contribution in [0.4, 0.5) is 5.00 Å². The minimum atomic E-state index is -0.297. The van der Waals surface area contributed by atoms with Gasteiger partial charge in [-0.05, 0) is 11.4 Å². The summed E-state index contributed by atoms with van der Waals surface area (Å²) in [5.41, 5.74) is 1.02. The molecule has 0 aromatic carbocycles. The maximum atomic E-state index is 11.9. The molecule has 1 unspecified atom stereocenters. The smallest absolute Gasteiger partial charge is 0.272 e. The Hall–Kier alpha value is -1.17. The third kappa shape index (κ3) is 1.24. The summed E-state index contributed by atoms with van der Waals surface area (Å²) >= 11 is 1.39. The van der Waals surface area contributed by atoms with Crippen molar-refractivity contribution in [1.29, 1.82) is 0 Å². The van der Waals surface area contributed by atoms with Crippen molar-refractivity contribution in [2.45, 2.75) is 12.6 Å². The minimum absolute atomic E-state index is 0.259. The van der Waals surface area contributed by atoms with Crippen LogP contribution in [0.3, 0.4) is 0 Å². The molecule has 0 fully saturated rings. The summed E-state index contributed by atoms with van der Waals surface area (Å²) in [4.78, 5) is 13.9. The number of amides is 1. The van der Waals surface area contributed by atoms with Crippen LogP contribution in [-0.4, -0.2) is 28.6 Å². The number of nitrogens with zero attached hydrogens (tertiary/aromatic N) is 2. The second-order valence-electron chi connectivity index (χ2n) is 3.70. The molecule has 78 valence electrons. The maximum Gasteiger partial charge on any atom is 0.272 e. The van der Waals surface area contributed by atoms with E-state index in [1.807, 2.05) is 28.5 Å². The third-order valence-corrected chi connectivity index (χ3v) is 3.73. The number of thiophene rings is 1. The summed E-state index contributed by atoms with van der Waals surface area (Å²) in [6, 6.07) is 1.66. The van der Waals surface area contributed by atoms with Gasteiger partial charge < -0.3 is 0 Å². The number of rotatable bonds is 0. The number of hydrogen-bond acceptors (Lipinski definition) is 4. The lowest BCUT2D eigenvalue weighted by Gasteiger charge is -2.20. The van der Waals surface area contributed by atoms with Crippen molar-refractivity contribution >= 4 is 22.2 Å². The zero-order chi connectivity index (χ0) is 10.4. The number of fused-ring (bicyclic) bond motifs is 2. The number of carbonyl (C=O) groups is 1. The van der Waals surface area contributed by atoms with E-state index in [1.54, 1.807) is 0 Å². The summed E-state index contributed by atoms with van der Waals surface area (Å²) in [5, 5.41) is 13.1. The van der Waals surface area contributed by atoms with Crippen LogP contribution >= 0.6 is 11.3 Å². The molecule has 2 aliphatic heterocycles. The van der Waals surface area contributed by atoms with Crippen molar-refractivity contribution < 1.29 is 10.0 Å². The van der Waals surface area contributed by atoms with Gasteiger partial charge in [-0.3, -0.25) is 14.9 Å². The van der Waals surface area contributed by atoms with E-state index in [4.69, 9.17) is 0 Å². The van der Waals surface area contributed by atoms with Gasteiger partial charge in [-0.25, -0.2) is 0 Å². The Morgan fingerprint density at radius 2 is 2.40 bits per heavy atom. The molecule has 1 amide bonds. The molecule has 3 rings (SSSR count). The highest BCUT2D eigenvalue weighted by molar-refractivity contribution is 7.14. The first kappa shape index (κ1) is 9.08. The molecule has 4 nitrogen and oxygen atoms in total. The van der Waals surface area contributed by atoms with E-state index >= 15 is 0 Å². The van der Waals surface area contributed by atoms with Crippen molar-refractivity contribution in [3.8, 4) is 0 Å². The SMILES string of the molecule is O=C1C2C=CCN2Cc2ccsc2N1O. The Labute approximate surface area is 91.0 Å². The van der Waals surface area contributed by atoms with E-state index in [1.165, 1.54) is 11.3 Å². The zero-order valence-corrected chi connectivity index (χ0v) is 8.78. The molecular formula is C10H10N2O2S. The monoisotopic (exact) mass is 222 g/mol. The molecule has 2 aliphatic rings. The maximum absolute atomic E-state index is 11.9. The van der Waals surface area contributed by atoms with Crippen molar-refractivity contribution in [2.24, 2.45) is 0 Å². The highest BCUT2D eigenvalue weighted by Crippen LogP contribution is 2.33. The molecule has 0 saturated heterocycles. The number of anilines is 1. The fourth-order valence-electron chi connectivity index (χ4n) is 2.04. The highest BCUT2D eigenvalue weighted by Gasteiger charge is 2.35. The van der Waals surface area contributed by atoms with Gasteiger partial charge in [0.2, 0.25) is 0 Å². The molecule has 0 bridgehead atoms. The highest BCUT2D eigenvalue weighted by atomic mass is 32.1. The lowest BCUT2D eigenvalue weighted by atomic mass is 10.2. The van der Waals surface area contributed by atoms with Crippen LogP contribution < -0.4 is 5.06 Å². The van der Waals surface area contributed by atoms with E-state index < -0.39 is 0 Å². The van der Waals surface area contributed by atoms with Gasteiger partial charge in [0, 0.05) is 18.7 Å². The van der Waals surface area contributed by atoms with Gasteiger partial charge in [0.05, 0.1) is 0 Å². The normalized spacial score (nSPS) is 25.3. The van der Waals surface area contributed by atoms with Gasteiger partial charge in [0.1, 0.15) is 11.0 Å². The first-order valence-corrected chi connectivity index (χ1v) is 5.65. The summed E-state index contributed by atoms with van der Waals surface area (Å²) in [6.07, 6.45) is 3.82. The zero-order valence-electron chi connectivity index (χ0n) is 7.96. The summed E-state index contributed by atoms with van der Waals surface area (Å²) in [6.45, 7) is 1.50. The van der Waals surface area contributed by atoms with Gasteiger partial charge in [0.15, 0.2) is 0 Å². The Kier molecular flexibility index (Phi) is 1.92. The standard InChI is InChI=1S/C10H10N2O2S/c13-9-8-2-1-4-11(8)6-7-3-5-15-10(7)12(9)14/h1-3,5,8,14H,4,6H2. The molecule has 0 aliphatic carbocycles. The summed E-state index contributed by atoms with van der Waals surface area (Å²) in [5.74, 6) is -0.259. The fourth-order valence-corrected chi connectivity index (χ4v) is 2.87. The molecule has 0 spiro atoms. The Balaban J connectivity index is 2.07. The molecular weight excluding hydrogens is 212 g/mol. The average molecular weight is 222 g/mol. The Morgan fingerprint density at radius 1 is 1.53 bits per heavy atom. The van der Waals surface area contributed by atoms with Gasteiger partial charge >= 0.3 is 0 Å². The minimum Gasteiger partial charge on any atom is -0.281 e. The molecule has 5 heteroatoms. The molecule has 1 aromatic heterocycles. The number of hydrogen-bond donors (Lipinski definition) is 1. The van der Waals surface area contributed by atoms with Gasteiger partial charge in [-0.15, -0.1) is 11.3 Å². The van der Waals surface area contributed by atoms with Crippen LogP contribution in [-0.2, 0) is 11.3 Å². The fraction of sp³-hybridized carbons (Fsp3) is 0.300. The van der Waals surface area contributed by atoms with E-state index in [-0.39, 0.29) is 11.9 Å². The van der Waals surface area contributed by atoms with Gasteiger partial charge in [-0.2, -0.15) is 5.06 Å². The van der Waals surface area contributed by atoms with E-state index in [0.29, 0.717) is 5.00 Å². The largest absolute Gasteiger partial charge is 0.281 e. The molecule has 3 heterocycles. The van der Waals surface area contributed by atoms with Crippen LogP contribution in [0.15, 0.2) is 23.6 Å². The summed E-state index contributed by atoms with van der Waals surface area (Å²) < 4.78 is 0. The first-order valence-electron chi connectivity index (χ1n) is 4.77. The van der Waals surface area contributed by atoms with Crippen LogP contribution in [0.5, 0.6) is 0 Å². The first-order chi connectivity index (χ1) is 7.27. The second kappa shape index (κ2) is 3.16. The van der Waals surface area contributed by atoms with Crippen LogP contribution in [0.25, 0.3) is 0 Å². The van der Waals surface area contributed by atoms with Crippen LogP contribution in [0, 0.1) is 0 Å². The molecule has 0 radical (unpaired) electrons. The molecule has 1 aromatic rings. The van der Waals surface area contributed by atoms with Gasteiger partial charge in [-0.1, -0.05) is 12.2 Å². The van der Waals surface area contributed by atoms with E-state index in [9.17, 15) is 10.0 Å².